The second-order valence-electron chi connectivity index (χ2n) is 6.58. The van der Waals surface area contributed by atoms with Gasteiger partial charge in [0.25, 0.3) is 5.91 Å². The Balaban J connectivity index is 1.63. The summed E-state index contributed by atoms with van der Waals surface area (Å²) in [4.78, 5) is 20.6. The van der Waals surface area contributed by atoms with Crippen LogP contribution in [0.1, 0.15) is 30.2 Å². The first kappa shape index (κ1) is 18.3. The number of hydrogen-bond donors (Lipinski definition) is 0. The first-order valence-electron chi connectivity index (χ1n) is 9.27. The Morgan fingerprint density at radius 1 is 1.41 bits per heavy atom. The largest absolute Gasteiger partial charge is 0.376 e. The van der Waals surface area contributed by atoms with Crippen molar-refractivity contribution in [2.75, 3.05) is 18.1 Å². The lowest BCUT2D eigenvalue weighted by Crippen LogP contribution is -2.36. The van der Waals surface area contributed by atoms with Crippen molar-refractivity contribution in [3.8, 4) is 0 Å². The number of carbonyl (C=O) groups excluding carboxylic acids is 1. The van der Waals surface area contributed by atoms with Crippen molar-refractivity contribution in [2.24, 2.45) is 0 Å². The maximum absolute atomic E-state index is 13.0. The number of aryl methyl sites for hydroxylation is 1. The highest BCUT2D eigenvalue weighted by molar-refractivity contribution is 7.22. The molecule has 6 heteroatoms. The van der Waals surface area contributed by atoms with Gasteiger partial charge in [0.1, 0.15) is 0 Å². The Hall–Kier alpha value is -2.02. The number of anilines is 1. The van der Waals surface area contributed by atoms with Crippen LogP contribution in [0.15, 0.2) is 41.8 Å². The van der Waals surface area contributed by atoms with E-state index < -0.39 is 0 Å². The van der Waals surface area contributed by atoms with Gasteiger partial charge < -0.3 is 4.74 Å². The van der Waals surface area contributed by atoms with Crippen LogP contribution >= 0.6 is 22.7 Å². The lowest BCUT2D eigenvalue weighted by molar-refractivity contribution is -0.114. The van der Waals surface area contributed by atoms with E-state index in [1.807, 2.05) is 29.7 Å². The standard InChI is InChI=1S/C21H22N2O2S2/c1-2-15-7-9-18-19(13-15)27-21(22-18)23(14-16-5-3-11-25-16)20(24)10-8-17-6-4-12-26-17/h4,6-10,12-13,16H,2-3,5,11,14H2,1H3/b10-8+. The number of thiazole rings is 1. The predicted octanol–water partition coefficient (Wildman–Crippen LogP) is 5.15. The molecular formula is C21H22N2O2S2. The number of amides is 1. The summed E-state index contributed by atoms with van der Waals surface area (Å²) < 4.78 is 6.90. The van der Waals surface area contributed by atoms with Crippen molar-refractivity contribution < 1.29 is 9.53 Å². The molecule has 0 spiro atoms. The first-order chi connectivity index (χ1) is 13.2. The van der Waals surface area contributed by atoms with Gasteiger partial charge in [-0.15, -0.1) is 11.3 Å². The van der Waals surface area contributed by atoms with Crippen LogP contribution in [-0.2, 0) is 16.0 Å². The second-order valence-corrected chi connectivity index (χ2v) is 8.57. The van der Waals surface area contributed by atoms with Crippen LogP contribution in [0.2, 0.25) is 0 Å². The molecule has 27 heavy (non-hydrogen) atoms. The summed E-state index contributed by atoms with van der Waals surface area (Å²) in [6.07, 6.45) is 6.64. The number of fused-ring (bicyclic) bond motifs is 1. The molecule has 1 saturated heterocycles. The summed E-state index contributed by atoms with van der Waals surface area (Å²) in [6, 6.07) is 10.3. The number of ether oxygens (including phenoxy) is 1. The zero-order valence-corrected chi connectivity index (χ0v) is 16.9. The van der Waals surface area contributed by atoms with Crippen LogP contribution in [0, 0.1) is 0 Å². The molecule has 1 aliphatic heterocycles. The molecule has 0 N–H and O–H groups in total. The van der Waals surface area contributed by atoms with Crippen LogP contribution in [0.4, 0.5) is 5.13 Å². The molecule has 1 fully saturated rings. The third kappa shape index (κ3) is 4.29. The Bertz CT molecular complexity index is 940. The Kier molecular flexibility index (Phi) is 5.66. The van der Waals surface area contributed by atoms with Crippen LogP contribution in [0.5, 0.6) is 0 Å². The Labute approximate surface area is 167 Å². The zero-order valence-electron chi connectivity index (χ0n) is 15.3. The van der Waals surface area contributed by atoms with Crippen LogP contribution in [-0.4, -0.2) is 30.1 Å². The van der Waals surface area contributed by atoms with E-state index in [2.05, 4.69) is 19.1 Å². The molecule has 4 nitrogen and oxygen atoms in total. The van der Waals surface area contributed by atoms with Gasteiger partial charge in [-0.25, -0.2) is 4.98 Å². The minimum Gasteiger partial charge on any atom is -0.376 e. The van der Waals surface area contributed by atoms with Gasteiger partial charge in [-0.3, -0.25) is 9.69 Å². The molecule has 0 bridgehead atoms. The molecule has 140 valence electrons. The number of nitrogens with zero attached hydrogens (tertiary/aromatic N) is 2. The fourth-order valence-corrected chi connectivity index (χ4v) is 4.84. The summed E-state index contributed by atoms with van der Waals surface area (Å²) >= 11 is 3.20. The maximum Gasteiger partial charge on any atom is 0.252 e. The average molecular weight is 399 g/mol. The Morgan fingerprint density at radius 2 is 2.33 bits per heavy atom. The molecule has 2 aromatic heterocycles. The normalized spacial score (nSPS) is 17.1. The smallest absolute Gasteiger partial charge is 0.252 e. The van der Waals surface area contributed by atoms with Gasteiger partial charge in [0.15, 0.2) is 5.13 Å². The fourth-order valence-electron chi connectivity index (χ4n) is 3.18. The van der Waals surface area contributed by atoms with Crippen molar-refractivity contribution >= 4 is 50.0 Å². The van der Waals surface area contributed by atoms with E-state index >= 15 is 0 Å². The second kappa shape index (κ2) is 8.33. The molecule has 0 radical (unpaired) electrons. The van der Waals surface area contributed by atoms with E-state index in [-0.39, 0.29) is 12.0 Å². The van der Waals surface area contributed by atoms with Gasteiger partial charge >= 0.3 is 0 Å². The SMILES string of the molecule is CCc1ccc2nc(N(CC3CCCO3)C(=O)/C=C/c3cccs3)sc2c1. The van der Waals surface area contributed by atoms with Crippen molar-refractivity contribution in [2.45, 2.75) is 32.3 Å². The van der Waals surface area contributed by atoms with E-state index in [1.54, 1.807) is 33.6 Å². The van der Waals surface area contributed by atoms with Gasteiger partial charge in [-0.1, -0.05) is 30.4 Å². The van der Waals surface area contributed by atoms with Gasteiger partial charge in [0.2, 0.25) is 0 Å². The molecule has 1 unspecified atom stereocenters. The summed E-state index contributed by atoms with van der Waals surface area (Å²) in [5, 5.41) is 2.75. The lowest BCUT2D eigenvalue weighted by Gasteiger charge is -2.21. The van der Waals surface area contributed by atoms with Gasteiger partial charge in [0, 0.05) is 17.6 Å². The van der Waals surface area contributed by atoms with Gasteiger partial charge in [-0.2, -0.15) is 0 Å². The molecule has 3 heterocycles. The zero-order chi connectivity index (χ0) is 18.6. The van der Waals surface area contributed by atoms with E-state index in [0.717, 1.165) is 46.1 Å². The topological polar surface area (TPSA) is 42.4 Å². The molecule has 1 atom stereocenters. The van der Waals surface area contributed by atoms with Crippen molar-refractivity contribution in [3.63, 3.8) is 0 Å². The fraction of sp³-hybridized carbons (Fsp3) is 0.333. The number of rotatable bonds is 6. The predicted molar refractivity (Wildman–Crippen MR) is 114 cm³/mol. The van der Waals surface area contributed by atoms with Crippen molar-refractivity contribution in [3.05, 3.63) is 52.2 Å². The Morgan fingerprint density at radius 3 is 3.07 bits per heavy atom. The van der Waals surface area contributed by atoms with Crippen molar-refractivity contribution in [1.29, 1.82) is 0 Å². The molecular weight excluding hydrogens is 376 g/mol. The molecule has 4 rings (SSSR count). The molecule has 0 saturated carbocycles. The molecule has 0 aliphatic carbocycles. The van der Waals surface area contributed by atoms with E-state index in [0.29, 0.717) is 6.54 Å². The molecule has 1 aromatic carbocycles. The van der Waals surface area contributed by atoms with E-state index in [9.17, 15) is 4.79 Å². The van der Waals surface area contributed by atoms with Gasteiger partial charge in [0.05, 0.1) is 22.9 Å². The van der Waals surface area contributed by atoms with Crippen LogP contribution in [0.25, 0.3) is 16.3 Å². The highest BCUT2D eigenvalue weighted by Crippen LogP contribution is 2.31. The number of benzene rings is 1. The number of aromatic nitrogens is 1. The monoisotopic (exact) mass is 398 g/mol. The van der Waals surface area contributed by atoms with E-state index in [1.165, 1.54) is 5.56 Å². The summed E-state index contributed by atoms with van der Waals surface area (Å²) in [5.41, 5.74) is 2.23. The van der Waals surface area contributed by atoms with E-state index in [4.69, 9.17) is 9.72 Å². The number of hydrogen-bond acceptors (Lipinski definition) is 5. The summed E-state index contributed by atoms with van der Waals surface area (Å²) in [5.74, 6) is -0.0475. The number of thiophene rings is 1. The quantitative estimate of drug-likeness (QED) is 0.540. The summed E-state index contributed by atoms with van der Waals surface area (Å²) in [6.45, 7) is 3.47. The third-order valence-corrected chi connectivity index (χ3v) is 6.57. The lowest BCUT2D eigenvalue weighted by atomic mass is 10.2. The minimum atomic E-state index is -0.0475. The first-order valence-corrected chi connectivity index (χ1v) is 11.0. The average Bonchev–Trinajstić information content (AvgIpc) is 3.45. The summed E-state index contributed by atoms with van der Waals surface area (Å²) in [7, 11) is 0. The highest BCUT2D eigenvalue weighted by atomic mass is 32.1. The maximum atomic E-state index is 13.0. The van der Waals surface area contributed by atoms with Crippen LogP contribution < -0.4 is 4.90 Å². The number of carbonyl (C=O) groups is 1. The molecule has 1 amide bonds. The van der Waals surface area contributed by atoms with Crippen LogP contribution in [0.3, 0.4) is 0 Å². The van der Waals surface area contributed by atoms with Crippen molar-refractivity contribution in [1.82, 2.24) is 4.98 Å². The molecule has 1 aliphatic rings. The van der Waals surface area contributed by atoms with Gasteiger partial charge in [-0.05, 0) is 54.5 Å². The molecule has 3 aromatic rings. The highest BCUT2D eigenvalue weighted by Gasteiger charge is 2.25. The minimum absolute atomic E-state index is 0.0475. The third-order valence-electron chi connectivity index (χ3n) is 4.69.